The molecule has 0 aliphatic carbocycles. The lowest BCUT2D eigenvalue weighted by Gasteiger charge is -2.40. The molecule has 0 bridgehead atoms. The van der Waals surface area contributed by atoms with Gasteiger partial charge in [-0.05, 0) is 32.0 Å². The number of carbonyl (C=O) groups is 2. The quantitative estimate of drug-likeness (QED) is 0.717. The SMILES string of the molecule is CC1CN(S(=O)(=O)N2CCN(C(=O)c3ccc4c(c3)NC(=O)CCS4)CC2)CC(C)O1. The number of rotatable bonds is 3. The smallest absolute Gasteiger partial charge is 0.282 e. The third kappa shape index (κ3) is 4.90. The molecule has 3 aliphatic heterocycles. The number of carbonyl (C=O) groups excluding carboxylic acids is 2. The summed E-state index contributed by atoms with van der Waals surface area (Å²) in [5.41, 5.74) is 1.16. The molecular formula is C20H28N4O5S2. The maximum atomic E-state index is 13.1. The normalized spacial score (nSPS) is 26.1. The molecule has 0 radical (unpaired) electrons. The number of benzene rings is 1. The average molecular weight is 469 g/mol. The van der Waals surface area contributed by atoms with Gasteiger partial charge in [-0.15, -0.1) is 11.8 Å². The zero-order valence-corrected chi connectivity index (χ0v) is 19.4. The highest BCUT2D eigenvalue weighted by Crippen LogP contribution is 2.32. The Balaban J connectivity index is 1.41. The van der Waals surface area contributed by atoms with Crippen LogP contribution in [0.2, 0.25) is 0 Å². The van der Waals surface area contributed by atoms with Gasteiger partial charge in [-0.2, -0.15) is 17.0 Å². The van der Waals surface area contributed by atoms with Crippen molar-refractivity contribution in [2.45, 2.75) is 37.4 Å². The van der Waals surface area contributed by atoms with Gasteiger partial charge in [-0.1, -0.05) is 0 Å². The van der Waals surface area contributed by atoms with E-state index in [2.05, 4.69) is 5.32 Å². The summed E-state index contributed by atoms with van der Waals surface area (Å²) >= 11 is 1.59. The minimum absolute atomic E-state index is 0.0542. The molecular weight excluding hydrogens is 440 g/mol. The predicted octanol–water partition coefficient (Wildman–Crippen LogP) is 1.23. The van der Waals surface area contributed by atoms with Crippen LogP contribution in [0.25, 0.3) is 0 Å². The highest BCUT2D eigenvalue weighted by atomic mass is 32.2. The van der Waals surface area contributed by atoms with Crippen LogP contribution >= 0.6 is 11.8 Å². The lowest BCUT2D eigenvalue weighted by molar-refractivity contribution is -0.115. The molecule has 2 amide bonds. The van der Waals surface area contributed by atoms with Crippen LogP contribution < -0.4 is 5.32 Å². The van der Waals surface area contributed by atoms with Crippen LogP contribution in [0.5, 0.6) is 0 Å². The van der Waals surface area contributed by atoms with Gasteiger partial charge in [0.1, 0.15) is 0 Å². The van der Waals surface area contributed by atoms with Gasteiger partial charge in [0.2, 0.25) is 5.91 Å². The van der Waals surface area contributed by atoms with E-state index in [4.69, 9.17) is 4.74 Å². The summed E-state index contributed by atoms with van der Waals surface area (Å²) in [7, 11) is -3.59. The largest absolute Gasteiger partial charge is 0.373 e. The van der Waals surface area contributed by atoms with E-state index in [9.17, 15) is 18.0 Å². The molecule has 1 aromatic rings. The maximum Gasteiger partial charge on any atom is 0.282 e. The molecule has 2 atom stereocenters. The van der Waals surface area contributed by atoms with Gasteiger partial charge in [0.25, 0.3) is 16.1 Å². The Morgan fingerprint density at radius 3 is 2.45 bits per heavy atom. The first-order valence-corrected chi connectivity index (χ1v) is 12.9. The van der Waals surface area contributed by atoms with Crippen molar-refractivity contribution in [1.29, 1.82) is 0 Å². The van der Waals surface area contributed by atoms with E-state index in [1.165, 1.54) is 8.61 Å². The van der Waals surface area contributed by atoms with Crippen LogP contribution in [0.15, 0.2) is 23.1 Å². The van der Waals surface area contributed by atoms with Gasteiger partial charge >= 0.3 is 0 Å². The van der Waals surface area contributed by atoms with E-state index in [1.807, 2.05) is 19.9 Å². The van der Waals surface area contributed by atoms with Crippen molar-refractivity contribution in [2.24, 2.45) is 0 Å². The first kappa shape index (κ1) is 22.5. The molecule has 3 aliphatic rings. The molecule has 0 saturated carbocycles. The Labute approximate surface area is 187 Å². The third-order valence-electron chi connectivity index (χ3n) is 5.65. The highest BCUT2D eigenvalue weighted by Gasteiger charge is 2.37. The van der Waals surface area contributed by atoms with Crippen molar-refractivity contribution < 1.29 is 22.7 Å². The fraction of sp³-hybridized carbons (Fsp3) is 0.600. The number of hydrogen-bond donors (Lipinski definition) is 1. The summed E-state index contributed by atoms with van der Waals surface area (Å²) in [5.74, 6) is 0.502. The molecule has 0 spiro atoms. The fourth-order valence-electron chi connectivity index (χ4n) is 4.14. The molecule has 1 N–H and O–H groups in total. The monoisotopic (exact) mass is 468 g/mol. The molecule has 9 nitrogen and oxygen atoms in total. The summed E-state index contributed by atoms with van der Waals surface area (Å²) in [6.45, 7) is 5.58. The minimum atomic E-state index is -3.59. The molecule has 2 unspecified atom stereocenters. The number of amides is 2. The summed E-state index contributed by atoms with van der Waals surface area (Å²) in [6, 6.07) is 5.35. The zero-order valence-electron chi connectivity index (χ0n) is 17.7. The lowest BCUT2D eigenvalue weighted by atomic mass is 10.1. The summed E-state index contributed by atoms with van der Waals surface area (Å²) in [6.07, 6.45) is 0.154. The van der Waals surface area contributed by atoms with Crippen LogP contribution in [0.3, 0.4) is 0 Å². The average Bonchev–Trinajstić information content (AvgIpc) is 2.92. The van der Waals surface area contributed by atoms with Gasteiger partial charge in [-0.3, -0.25) is 9.59 Å². The Morgan fingerprint density at radius 1 is 1.10 bits per heavy atom. The number of nitrogens with one attached hydrogen (secondary N) is 1. The predicted molar refractivity (Wildman–Crippen MR) is 118 cm³/mol. The van der Waals surface area contributed by atoms with Gasteiger partial charge in [-0.25, -0.2) is 0 Å². The van der Waals surface area contributed by atoms with Gasteiger partial charge in [0.15, 0.2) is 0 Å². The third-order valence-corrected chi connectivity index (χ3v) is 8.70. The first-order chi connectivity index (χ1) is 14.7. The van der Waals surface area contributed by atoms with Crippen LogP contribution in [0.1, 0.15) is 30.6 Å². The van der Waals surface area contributed by atoms with E-state index < -0.39 is 10.2 Å². The second-order valence-electron chi connectivity index (χ2n) is 8.13. The number of ether oxygens (including phenoxy) is 1. The van der Waals surface area contributed by atoms with Crippen molar-refractivity contribution in [3.8, 4) is 0 Å². The number of morpholine rings is 1. The highest BCUT2D eigenvalue weighted by molar-refractivity contribution is 7.99. The topological polar surface area (TPSA) is 99.3 Å². The molecule has 3 heterocycles. The van der Waals surface area contributed by atoms with Crippen LogP contribution in [-0.4, -0.2) is 91.0 Å². The molecule has 11 heteroatoms. The Hall–Kier alpha value is -1.66. The van der Waals surface area contributed by atoms with Crippen LogP contribution in [-0.2, 0) is 19.7 Å². The number of nitrogens with zero attached hydrogens (tertiary/aromatic N) is 3. The van der Waals surface area contributed by atoms with Crippen molar-refractivity contribution in [3.63, 3.8) is 0 Å². The van der Waals surface area contributed by atoms with Crippen molar-refractivity contribution in [1.82, 2.24) is 13.5 Å². The van der Waals surface area contributed by atoms with E-state index in [0.717, 1.165) is 4.90 Å². The molecule has 2 fully saturated rings. The van der Waals surface area contributed by atoms with Crippen molar-refractivity contribution in [3.05, 3.63) is 23.8 Å². The molecule has 0 aromatic heterocycles. The second kappa shape index (κ2) is 9.07. The second-order valence-corrected chi connectivity index (χ2v) is 11.2. The summed E-state index contributed by atoms with van der Waals surface area (Å²) in [4.78, 5) is 27.5. The standard InChI is InChI=1S/C20H28N4O5S2/c1-14-12-24(13-15(2)29-14)31(27,28)23-8-6-22(7-9-23)20(26)16-3-4-18-17(11-16)21-19(25)5-10-30-18/h3-4,11,14-15H,5-10,12-13H2,1-2H3,(H,21,25). The number of anilines is 1. The van der Waals surface area contributed by atoms with E-state index >= 15 is 0 Å². The fourth-order valence-corrected chi connectivity index (χ4v) is 6.82. The Kier molecular flexibility index (Phi) is 6.59. The summed E-state index contributed by atoms with van der Waals surface area (Å²) < 4.78 is 34.7. The van der Waals surface area contributed by atoms with Crippen molar-refractivity contribution >= 4 is 39.5 Å². The maximum absolute atomic E-state index is 13.1. The molecule has 170 valence electrons. The van der Waals surface area contributed by atoms with Gasteiger partial charge < -0.3 is 15.0 Å². The number of thioether (sulfide) groups is 1. The Bertz CT molecular complexity index is 952. The summed E-state index contributed by atoms with van der Waals surface area (Å²) in [5, 5.41) is 2.86. The number of fused-ring (bicyclic) bond motifs is 1. The Morgan fingerprint density at radius 2 is 1.77 bits per heavy atom. The lowest BCUT2D eigenvalue weighted by Crippen LogP contribution is -2.57. The number of hydrogen-bond acceptors (Lipinski definition) is 6. The molecule has 1 aromatic carbocycles. The first-order valence-electron chi connectivity index (χ1n) is 10.5. The molecule has 2 saturated heterocycles. The minimum Gasteiger partial charge on any atom is -0.373 e. The van der Waals surface area contributed by atoms with E-state index in [0.29, 0.717) is 49.6 Å². The molecule has 4 rings (SSSR count). The van der Waals surface area contributed by atoms with Crippen molar-refractivity contribution in [2.75, 3.05) is 50.3 Å². The van der Waals surface area contributed by atoms with E-state index in [-0.39, 0.29) is 37.1 Å². The van der Waals surface area contributed by atoms with Crippen LogP contribution in [0.4, 0.5) is 5.69 Å². The van der Waals surface area contributed by atoms with Gasteiger partial charge in [0, 0.05) is 61.9 Å². The van der Waals surface area contributed by atoms with Gasteiger partial charge in [0.05, 0.1) is 17.9 Å². The molecule has 31 heavy (non-hydrogen) atoms. The number of piperazine rings is 1. The zero-order chi connectivity index (χ0) is 22.2. The van der Waals surface area contributed by atoms with E-state index in [1.54, 1.807) is 28.8 Å². The van der Waals surface area contributed by atoms with Crippen LogP contribution in [0, 0.1) is 0 Å².